The van der Waals surface area contributed by atoms with Gasteiger partial charge in [-0.2, -0.15) is 0 Å². The van der Waals surface area contributed by atoms with Crippen LogP contribution in [-0.2, 0) is 0 Å². The van der Waals surface area contributed by atoms with Crippen LogP contribution in [0.2, 0.25) is 0 Å². The summed E-state index contributed by atoms with van der Waals surface area (Å²) >= 11 is 0. The average molecular weight is 306 g/mol. The van der Waals surface area contributed by atoms with Crippen LogP contribution in [0.25, 0.3) is 5.69 Å². The maximum Gasteiger partial charge on any atom is 0.276 e. The van der Waals surface area contributed by atoms with E-state index in [1.165, 1.54) is 27.9 Å². The standard InChI is InChI=1S/C15H19FN4O2/c1-4-19(10-15(2,3)22)14(21)13-9-20(18-17-13)12-7-5-11(16)6-8-12/h5-9,22H,4,10H2,1-3H3. The molecule has 0 bridgehead atoms. The van der Waals surface area contributed by atoms with Crippen molar-refractivity contribution in [3.05, 3.63) is 42.0 Å². The number of carbonyl (C=O) groups is 1. The summed E-state index contributed by atoms with van der Waals surface area (Å²) in [7, 11) is 0. The molecule has 0 fully saturated rings. The second-order valence-corrected chi connectivity index (χ2v) is 5.66. The molecule has 1 aromatic carbocycles. The lowest BCUT2D eigenvalue weighted by atomic mass is 10.1. The first-order valence-corrected chi connectivity index (χ1v) is 7.00. The zero-order chi connectivity index (χ0) is 16.3. The third kappa shape index (κ3) is 3.88. The number of hydrogen-bond acceptors (Lipinski definition) is 4. The first-order valence-electron chi connectivity index (χ1n) is 7.00. The molecular formula is C15H19FN4O2. The largest absolute Gasteiger partial charge is 0.389 e. The monoisotopic (exact) mass is 306 g/mol. The van der Waals surface area contributed by atoms with E-state index >= 15 is 0 Å². The number of hydrogen-bond donors (Lipinski definition) is 1. The second-order valence-electron chi connectivity index (χ2n) is 5.66. The van der Waals surface area contributed by atoms with E-state index in [9.17, 15) is 14.3 Å². The van der Waals surface area contributed by atoms with Crippen molar-refractivity contribution in [2.45, 2.75) is 26.4 Å². The lowest BCUT2D eigenvalue weighted by molar-refractivity contribution is 0.0311. The molecule has 0 aliphatic heterocycles. The molecule has 118 valence electrons. The number of aliphatic hydroxyl groups is 1. The molecule has 0 saturated carbocycles. The van der Waals surface area contributed by atoms with Crippen molar-refractivity contribution in [2.75, 3.05) is 13.1 Å². The van der Waals surface area contributed by atoms with Gasteiger partial charge in [-0.1, -0.05) is 5.21 Å². The molecule has 1 amide bonds. The third-order valence-corrected chi connectivity index (χ3v) is 3.05. The van der Waals surface area contributed by atoms with E-state index in [-0.39, 0.29) is 24.0 Å². The predicted octanol–water partition coefficient (Wildman–Crippen LogP) is 1.64. The van der Waals surface area contributed by atoms with Gasteiger partial charge in [-0.05, 0) is 45.0 Å². The van der Waals surface area contributed by atoms with Crippen LogP contribution in [-0.4, -0.2) is 49.6 Å². The minimum atomic E-state index is -0.987. The van der Waals surface area contributed by atoms with Crippen molar-refractivity contribution < 1.29 is 14.3 Å². The molecule has 0 atom stereocenters. The van der Waals surface area contributed by atoms with Gasteiger partial charge in [0.15, 0.2) is 5.69 Å². The SMILES string of the molecule is CCN(CC(C)(C)O)C(=O)c1cn(-c2ccc(F)cc2)nn1. The van der Waals surface area contributed by atoms with Gasteiger partial charge in [0.1, 0.15) is 5.82 Å². The normalized spacial score (nSPS) is 11.5. The molecule has 0 spiro atoms. The highest BCUT2D eigenvalue weighted by molar-refractivity contribution is 5.92. The molecule has 0 unspecified atom stereocenters. The molecule has 0 aliphatic rings. The van der Waals surface area contributed by atoms with Gasteiger partial charge in [-0.3, -0.25) is 4.79 Å². The zero-order valence-corrected chi connectivity index (χ0v) is 12.8. The summed E-state index contributed by atoms with van der Waals surface area (Å²) in [6.45, 7) is 5.75. The summed E-state index contributed by atoms with van der Waals surface area (Å²) in [5.41, 5.74) is -0.201. The molecule has 22 heavy (non-hydrogen) atoms. The summed E-state index contributed by atoms with van der Waals surface area (Å²) in [4.78, 5) is 13.9. The molecule has 0 saturated heterocycles. The number of rotatable bonds is 5. The summed E-state index contributed by atoms with van der Waals surface area (Å²) in [6, 6.07) is 5.72. The molecule has 1 aromatic heterocycles. The topological polar surface area (TPSA) is 71.2 Å². The van der Waals surface area contributed by atoms with E-state index in [4.69, 9.17) is 0 Å². The van der Waals surface area contributed by atoms with Gasteiger partial charge in [-0.25, -0.2) is 9.07 Å². The van der Waals surface area contributed by atoms with Gasteiger partial charge < -0.3 is 10.0 Å². The number of aromatic nitrogens is 3. The van der Waals surface area contributed by atoms with Crippen LogP contribution in [0.15, 0.2) is 30.5 Å². The van der Waals surface area contributed by atoms with Crippen molar-refractivity contribution in [1.82, 2.24) is 19.9 Å². The van der Waals surface area contributed by atoms with Gasteiger partial charge in [0.05, 0.1) is 17.5 Å². The molecule has 0 radical (unpaired) electrons. The zero-order valence-electron chi connectivity index (χ0n) is 12.8. The highest BCUT2D eigenvalue weighted by Gasteiger charge is 2.24. The first-order chi connectivity index (χ1) is 10.3. The molecule has 7 heteroatoms. The minimum absolute atomic E-state index is 0.176. The highest BCUT2D eigenvalue weighted by Crippen LogP contribution is 2.11. The van der Waals surface area contributed by atoms with Gasteiger partial charge in [-0.15, -0.1) is 5.10 Å². The van der Waals surface area contributed by atoms with Crippen LogP contribution >= 0.6 is 0 Å². The van der Waals surface area contributed by atoms with Crippen molar-refractivity contribution >= 4 is 5.91 Å². The van der Waals surface area contributed by atoms with E-state index in [0.717, 1.165) is 0 Å². The molecule has 2 rings (SSSR count). The van der Waals surface area contributed by atoms with Gasteiger partial charge in [0.2, 0.25) is 0 Å². The average Bonchev–Trinajstić information content (AvgIpc) is 2.93. The second kappa shape index (κ2) is 6.23. The van der Waals surface area contributed by atoms with Crippen molar-refractivity contribution in [2.24, 2.45) is 0 Å². The lowest BCUT2D eigenvalue weighted by Crippen LogP contribution is -2.42. The lowest BCUT2D eigenvalue weighted by Gasteiger charge is -2.27. The maximum atomic E-state index is 12.9. The van der Waals surface area contributed by atoms with Crippen LogP contribution in [0.1, 0.15) is 31.3 Å². The highest BCUT2D eigenvalue weighted by atomic mass is 19.1. The van der Waals surface area contributed by atoms with E-state index in [1.54, 1.807) is 26.0 Å². The summed E-state index contributed by atoms with van der Waals surface area (Å²) < 4.78 is 14.3. The Morgan fingerprint density at radius 3 is 2.55 bits per heavy atom. The van der Waals surface area contributed by atoms with Crippen LogP contribution in [0.4, 0.5) is 4.39 Å². The molecule has 1 heterocycles. The summed E-state index contributed by atoms with van der Waals surface area (Å²) in [5, 5.41) is 17.6. The fourth-order valence-electron chi connectivity index (χ4n) is 2.04. The van der Waals surface area contributed by atoms with E-state index in [1.807, 2.05) is 6.92 Å². The Hall–Kier alpha value is -2.28. The maximum absolute atomic E-state index is 12.9. The number of amides is 1. The van der Waals surface area contributed by atoms with Gasteiger partial charge in [0.25, 0.3) is 5.91 Å². The Morgan fingerprint density at radius 2 is 2.00 bits per heavy atom. The third-order valence-electron chi connectivity index (χ3n) is 3.05. The van der Waals surface area contributed by atoms with E-state index < -0.39 is 5.60 Å². The fraction of sp³-hybridized carbons (Fsp3) is 0.400. The number of halogens is 1. The Bertz CT molecular complexity index is 646. The van der Waals surface area contributed by atoms with Gasteiger partial charge >= 0.3 is 0 Å². The summed E-state index contributed by atoms with van der Waals surface area (Å²) in [6.07, 6.45) is 1.49. The summed E-state index contributed by atoms with van der Waals surface area (Å²) in [5.74, 6) is -0.652. The van der Waals surface area contributed by atoms with Crippen molar-refractivity contribution in [3.63, 3.8) is 0 Å². The van der Waals surface area contributed by atoms with Crippen LogP contribution < -0.4 is 0 Å². The first kappa shape index (κ1) is 16.1. The van der Waals surface area contributed by atoms with Crippen molar-refractivity contribution in [1.29, 1.82) is 0 Å². The van der Waals surface area contributed by atoms with Crippen LogP contribution in [0, 0.1) is 5.82 Å². The van der Waals surface area contributed by atoms with E-state index in [2.05, 4.69) is 10.3 Å². The quantitative estimate of drug-likeness (QED) is 0.911. The Kier molecular flexibility index (Phi) is 4.56. The fourth-order valence-corrected chi connectivity index (χ4v) is 2.04. The Morgan fingerprint density at radius 1 is 1.36 bits per heavy atom. The molecule has 6 nitrogen and oxygen atoms in total. The Labute approximate surface area is 128 Å². The van der Waals surface area contributed by atoms with Crippen molar-refractivity contribution in [3.8, 4) is 5.69 Å². The smallest absolute Gasteiger partial charge is 0.276 e. The minimum Gasteiger partial charge on any atom is -0.389 e. The number of carbonyl (C=O) groups excluding carboxylic acids is 1. The number of nitrogens with zero attached hydrogens (tertiary/aromatic N) is 4. The molecule has 1 N–H and O–H groups in total. The van der Waals surface area contributed by atoms with Gasteiger partial charge in [0, 0.05) is 13.1 Å². The number of benzene rings is 1. The predicted molar refractivity (Wildman–Crippen MR) is 79.2 cm³/mol. The van der Waals surface area contributed by atoms with Crippen LogP contribution in [0.3, 0.4) is 0 Å². The molecule has 0 aliphatic carbocycles. The van der Waals surface area contributed by atoms with E-state index in [0.29, 0.717) is 12.2 Å². The number of likely N-dealkylation sites (N-methyl/N-ethyl adjacent to an activating group) is 1. The molecule has 2 aromatic rings. The van der Waals surface area contributed by atoms with Crippen LogP contribution in [0.5, 0.6) is 0 Å². The molecular weight excluding hydrogens is 287 g/mol. The Balaban J connectivity index is 2.19.